The smallest absolute Gasteiger partial charge is 0.306 e. The average molecular weight is 639 g/mol. The molecule has 1 unspecified atom stereocenters. The molecule has 260 valence electrons. The summed E-state index contributed by atoms with van der Waals surface area (Å²) in [5.74, 6) is 1.69. The molecule has 3 atom stereocenters. The predicted octanol–water partition coefficient (Wildman–Crippen LogP) is 11.7. The molecule has 6 heteroatoms. The Kier molecular flexibility index (Phi) is 25.5. The maximum absolute atomic E-state index is 12.6. The fourth-order valence-corrected chi connectivity index (χ4v) is 6.82. The van der Waals surface area contributed by atoms with Crippen molar-refractivity contribution < 1.29 is 23.5 Å². The van der Waals surface area contributed by atoms with Gasteiger partial charge in [0.05, 0.1) is 6.61 Å². The second kappa shape index (κ2) is 27.3. The van der Waals surface area contributed by atoms with E-state index in [0.717, 1.165) is 37.5 Å². The average Bonchev–Trinajstić information content (AvgIpc) is 3.73. The molecule has 0 heterocycles. The second-order valence-corrected chi connectivity index (χ2v) is 19.3. The molecule has 0 aromatic heterocycles. The molecule has 0 aromatic carbocycles. The quantitative estimate of drug-likeness (QED) is 0.0417. The van der Waals surface area contributed by atoms with E-state index in [1.54, 1.807) is 0 Å². The molecular formula is C38H74O5Si. The Labute approximate surface area is 274 Å². The van der Waals surface area contributed by atoms with Crippen molar-refractivity contribution in [3.8, 4) is 0 Å². The van der Waals surface area contributed by atoms with Crippen LogP contribution in [0.5, 0.6) is 0 Å². The maximum Gasteiger partial charge on any atom is 0.306 e. The molecular weight excluding hydrogens is 564 g/mol. The highest BCUT2D eigenvalue weighted by Gasteiger charge is 2.35. The third-order valence-electron chi connectivity index (χ3n) is 9.12. The Hall–Kier alpha value is -0.883. The van der Waals surface area contributed by atoms with Crippen LogP contribution in [0.2, 0.25) is 19.6 Å². The highest BCUT2D eigenvalue weighted by molar-refractivity contribution is 6.69. The van der Waals surface area contributed by atoms with Gasteiger partial charge in [0.1, 0.15) is 6.61 Å². The molecule has 0 amide bonds. The van der Waals surface area contributed by atoms with Crippen molar-refractivity contribution in [1.82, 2.24) is 0 Å². The fraction of sp³-hybridized carbons (Fsp3) is 0.947. The molecule has 0 aliphatic heterocycles. The SMILES string of the molecule is CCCCCCCCCCCCCC(=O)OCC(CO[Si](C)(C)C)OC(=O)CCCCCCCCC[C@H]1C[C@H]1CCCCC. The summed E-state index contributed by atoms with van der Waals surface area (Å²) in [7, 11) is -1.77. The highest BCUT2D eigenvalue weighted by atomic mass is 28.4. The van der Waals surface area contributed by atoms with Crippen LogP contribution in [0.3, 0.4) is 0 Å². The van der Waals surface area contributed by atoms with Crippen LogP contribution >= 0.6 is 0 Å². The van der Waals surface area contributed by atoms with Crippen molar-refractivity contribution in [1.29, 1.82) is 0 Å². The van der Waals surface area contributed by atoms with Crippen molar-refractivity contribution in [2.75, 3.05) is 13.2 Å². The first-order chi connectivity index (χ1) is 21.2. The number of esters is 2. The van der Waals surface area contributed by atoms with Gasteiger partial charge in [0.15, 0.2) is 14.4 Å². The lowest BCUT2D eigenvalue weighted by Crippen LogP contribution is -2.35. The molecule has 0 N–H and O–H groups in total. The van der Waals surface area contributed by atoms with E-state index in [4.69, 9.17) is 13.9 Å². The molecule has 0 aromatic rings. The van der Waals surface area contributed by atoms with Crippen molar-refractivity contribution >= 4 is 20.3 Å². The first-order valence-corrected chi connectivity index (χ1v) is 22.6. The van der Waals surface area contributed by atoms with E-state index in [1.165, 1.54) is 128 Å². The summed E-state index contributed by atoms with van der Waals surface area (Å²) in [6, 6.07) is 0. The minimum atomic E-state index is -1.77. The molecule has 5 nitrogen and oxygen atoms in total. The summed E-state index contributed by atoms with van der Waals surface area (Å²) in [5.41, 5.74) is 0. The molecule has 0 radical (unpaired) electrons. The van der Waals surface area contributed by atoms with Gasteiger partial charge in [0.2, 0.25) is 0 Å². The van der Waals surface area contributed by atoms with Gasteiger partial charge in [-0.2, -0.15) is 0 Å². The standard InChI is InChI=1S/C38H74O5Si/c1-6-8-10-11-12-13-14-15-18-21-25-29-37(39)41-32-36(33-42-44(3,4)5)43-38(40)30-26-22-19-16-17-20-24-28-35-31-34(35)27-23-9-7-2/h34-36H,6-33H2,1-5H3/t34-,35+,36?/m1/s1. The van der Waals surface area contributed by atoms with Crippen LogP contribution in [0.15, 0.2) is 0 Å². The largest absolute Gasteiger partial charge is 0.462 e. The lowest BCUT2D eigenvalue weighted by atomic mass is 10.0. The van der Waals surface area contributed by atoms with Gasteiger partial charge in [-0.05, 0) is 50.7 Å². The van der Waals surface area contributed by atoms with E-state index in [9.17, 15) is 9.59 Å². The first kappa shape index (κ1) is 41.1. The zero-order valence-corrected chi connectivity index (χ0v) is 31.1. The number of unbranched alkanes of at least 4 members (excludes halogenated alkanes) is 18. The van der Waals surface area contributed by atoms with Gasteiger partial charge in [0.25, 0.3) is 0 Å². The normalized spacial score (nSPS) is 17.0. The van der Waals surface area contributed by atoms with Crippen LogP contribution in [0.1, 0.15) is 181 Å². The Morgan fingerprint density at radius 1 is 0.568 bits per heavy atom. The van der Waals surface area contributed by atoms with Crippen molar-refractivity contribution in [3.05, 3.63) is 0 Å². The summed E-state index contributed by atoms with van der Waals surface area (Å²) in [6.07, 6.45) is 31.2. The Morgan fingerprint density at radius 3 is 1.48 bits per heavy atom. The van der Waals surface area contributed by atoms with Crippen LogP contribution in [0.25, 0.3) is 0 Å². The molecule has 0 bridgehead atoms. The molecule has 1 saturated carbocycles. The summed E-state index contributed by atoms with van der Waals surface area (Å²) in [5, 5.41) is 0. The molecule has 1 aliphatic rings. The Balaban J connectivity index is 2.08. The fourth-order valence-electron chi connectivity index (χ4n) is 6.13. The Bertz CT molecular complexity index is 691. The third-order valence-corrected chi connectivity index (χ3v) is 10.2. The minimum absolute atomic E-state index is 0.0907. The Morgan fingerprint density at radius 2 is 0.977 bits per heavy atom. The molecule has 1 rings (SSSR count). The van der Waals surface area contributed by atoms with E-state index < -0.39 is 14.4 Å². The lowest BCUT2D eigenvalue weighted by molar-refractivity contribution is -0.161. The second-order valence-electron chi connectivity index (χ2n) is 14.8. The third kappa shape index (κ3) is 26.3. The van der Waals surface area contributed by atoms with Gasteiger partial charge in [-0.25, -0.2) is 0 Å². The lowest BCUT2D eigenvalue weighted by Gasteiger charge is -2.23. The number of hydrogen-bond donors (Lipinski definition) is 0. The van der Waals surface area contributed by atoms with Gasteiger partial charge < -0.3 is 13.9 Å². The molecule has 1 fully saturated rings. The van der Waals surface area contributed by atoms with Gasteiger partial charge in [-0.15, -0.1) is 0 Å². The number of ether oxygens (including phenoxy) is 2. The summed E-state index contributed by atoms with van der Waals surface area (Å²) in [4.78, 5) is 24.9. The van der Waals surface area contributed by atoms with E-state index >= 15 is 0 Å². The predicted molar refractivity (Wildman–Crippen MR) is 189 cm³/mol. The topological polar surface area (TPSA) is 61.8 Å². The highest BCUT2D eigenvalue weighted by Crippen LogP contribution is 2.45. The minimum Gasteiger partial charge on any atom is -0.462 e. The van der Waals surface area contributed by atoms with Crippen LogP contribution in [-0.2, 0) is 23.5 Å². The van der Waals surface area contributed by atoms with Crippen LogP contribution in [0, 0.1) is 11.8 Å². The molecule has 1 aliphatic carbocycles. The number of carbonyl (C=O) groups is 2. The van der Waals surface area contributed by atoms with Gasteiger partial charge in [0, 0.05) is 12.8 Å². The van der Waals surface area contributed by atoms with Crippen LogP contribution in [0.4, 0.5) is 0 Å². The van der Waals surface area contributed by atoms with Crippen LogP contribution in [-0.4, -0.2) is 39.6 Å². The molecule has 0 saturated heterocycles. The van der Waals surface area contributed by atoms with Gasteiger partial charge >= 0.3 is 11.9 Å². The molecule has 44 heavy (non-hydrogen) atoms. The summed E-state index contributed by atoms with van der Waals surface area (Å²) >= 11 is 0. The van der Waals surface area contributed by atoms with E-state index in [2.05, 4.69) is 33.5 Å². The van der Waals surface area contributed by atoms with Crippen molar-refractivity contribution in [3.63, 3.8) is 0 Å². The zero-order chi connectivity index (χ0) is 32.3. The van der Waals surface area contributed by atoms with E-state index in [1.807, 2.05) is 0 Å². The van der Waals surface area contributed by atoms with Gasteiger partial charge in [-0.3, -0.25) is 9.59 Å². The van der Waals surface area contributed by atoms with Crippen LogP contribution < -0.4 is 0 Å². The van der Waals surface area contributed by atoms with E-state index in [-0.39, 0.29) is 18.5 Å². The monoisotopic (exact) mass is 639 g/mol. The maximum atomic E-state index is 12.6. The molecule has 0 spiro atoms. The van der Waals surface area contributed by atoms with Crippen molar-refractivity contribution in [2.45, 2.75) is 207 Å². The number of rotatable bonds is 32. The van der Waals surface area contributed by atoms with Gasteiger partial charge in [-0.1, -0.05) is 149 Å². The summed E-state index contributed by atoms with van der Waals surface area (Å²) in [6.45, 7) is 11.3. The summed E-state index contributed by atoms with van der Waals surface area (Å²) < 4.78 is 17.2. The van der Waals surface area contributed by atoms with E-state index in [0.29, 0.717) is 19.4 Å². The number of carbonyl (C=O) groups excluding carboxylic acids is 2. The van der Waals surface area contributed by atoms with Crippen molar-refractivity contribution in [2.24, 2.45) is 11.8 Å². The zero-order valence-electron chi connectivity index (χ0n) is 30.1. The number of hydrogen-bond acceptors (Lipinski definition) is 5. The first-order valence-electron chi connectivity index (χ1n) is 19.2.